The Kier molecular flexibility index (Phi) is 3.67. The van der Waals surface area contributed by atoms with Gasteiger partial charge in [0.15, 0.2) is 0 Å². The minimum atomic E-state index is -0.615. The Bertz CT molecular complexity index is 388. The van der Waals surface area contributed by atoms with E-state index in [4.69, 9.17) is 0 Å². The second-order valence-electron chi connectivity index (χ2n) is 5.06. The molecule has 1 aromatic carbocycles. The molecule has 1 fully saturated rings. The van der Waals surface area contributed by atoms with Crippen molar-refractivity contribution in [3.63, 3.8) is 0 Å². The Hall–Kier alpha value is -1.09. The zero-order chi connectivity index (χ0) is 12.4. The smallest absolute Gasteiger partial charge is 0.146 e. The Morgan fingerprint density at radius 3 is 2.65 bits per heavy atom. The van der Waals surface area contributed by atoms with Crippen molar-refractivity contribution < 1.29 is 9.50 Å². The lowest BCUT2D eigenvalue weighted by Crippen LogP contribution is -2.29. The van der Waals surface area contributed by atoms with E-state index in [0.717, 1.165) is 12.5 Å². The number of aliphatic hydroxyl groups is 1. The molecule has 1 aliphatic carbocycles. The van der Waals surface area contributed by atoms with Crippen LogP contribution in [-0.2, 0) is 0 Å². The molecule has 1 aromatic rings. The number of rotatable bonds is 4. The fraction of sp³-hybridized carbons (Fsp3) is 0.571. The molecule has 0 spiro atoms. The van der Waals surface area contributed by atoms with Crippen LogP contribution >= 0.6 is 0 Å². The average Bonchev–Trinajstić information content (AvgIpc) is 2.22. The van der Waals surface area contributed by atoms with Gasteiger partial charge in [0.2, 0.25) is 0 Å². The minimum absolute atomic E-state index is 0.245. The summed E-state index contributed by atoms with van der Waals surface area (Å²) in [5, 5.41) is 9.39. The molecule has 2 rings (SSSR count). The molecule has 0 aliphatic heterocycles. The van der Waals surface area contributed by atoms with Crippen LogP contribution in [0.2, 0.25) is 0 Å². The van der Waals surface area contributed by atoms with E-state index in [1.54, 1.807) is 19.1 Å². The lowest BCUT2D eigenvalue weighted by atomic mass is 9.85. The summed E-state index contributed by atoms with van der Waals surface area (Å²) in [6.45, 7) is 2.57. The van der Waals surface area contributed by atoms with Gasteiger partial charge in [-0.2, -0.15) is 0 Å². The predicted octanol–water partition coefficient (Wildman–Crippen LogP) is 3.12. The van der Waals surface area contributed by atoms with Gasteiger partial charge < -0.3 is 10.0 Å². The molecule has 0 bridgehead atoms. The number of hydrogen-bond acceptors (Lipinski definition) is 2. The molecule has 3 heteroatoms. The molecule has 2 nitrogen and oxygen atoms in total. The number of aliphatic hydroxyl groups excluding tert-OH is 1. The van der Waals surface area contributed by atoms with E-state index in [2.05, 4.69) is 0 Å². The van der Waals surface area contributed by atoms with Crippen LogP contribution in [-0.4, -0.2) is 18.7 Å². The first-order valence-corrected chi connectivity index (χ1v) is 6.26. The van der Waals surface area contributed by atoms with E-state index < -0.39 is 6.10 Å². The fourth-order valence-corrected chi connectivity index (χ4v) is 2.25. The van der Waals surface area contributed by atoms with Crippen LogP contribution in [0.5, 0.6) is 0 Å². The Morgan fingerprint density at radius 1 is 1.47 bits per heavy atom. The SMILES string of the molecule is CC(O)c1ccc(N(C)CC2CCC2)c(F)c1. The Balaban J connectivity index is 2.08. The van der Waals surface area contributed by atoms with Crippen molar-refractivity contribution in [2.45, 2.75) is 32.3 Å². The van der Waals surface area contributed by atoms with Crippen molar-refractivity contribution in [3.8, 4) is 0 Å². The third-order valence-electron chi connectivity index (χ3n) is 3.62. The number of anilines is 1. The van der Waals surface area contributed by atoms with E-state index in [1.807, 2.05) is 11.9 Å². The summed E-state index contributed by atoms with van der Waals surface area (Å²) in [7, 11) is 1.93. The molecule has 0 heterocycles. The van der Waals surface area contributed by atoms with Gasteiger partial charge in [-0.25, -0.2) is 4.39 Å². The molecule has 94 valence electrons. The number of halogens is 1. The number of nitrogens with zero attached hydrogens (tertiary/aromatic N) is 1. The fourth-order valence-electron chi connectivity index (χ4n) is 2.25. The van der Waals surface area contributed by atoms with Crippen LogP contribution in [0.1, 0.15) is 37.9 Å². The highest BCUT2D eigenvalue weighted by molar-refractivity contribution is 5.48. The largest absolute Gasteiger partial charge is 0.389 e. The zero-order valence-corrected chi connectivity index (χ0v) is 10.5. The molecule has 1 saturated carbocycles. The molecule has 0 saturated heterocycles. The Morgan fingerprint density at radius 2 is 2.18 bits per heavy atom. The van der Waals surface area contributed by atoms with Crippen molar-refractivity contribution in [2.75, 3.05) is 18.5 Å². The highest BCUT2D eigenvalue weighted by atomic mass is 19.1. The standard InChI is InChI=1S/C14H20FNO/c1-10(17)12-6-7-14(13(15)8-12)16(2)9-11-4-3-5-11/h6-8,10-11,17H,3-5,9H2,1-2H3. The molecule has 1 aliphatic rings. The van der Waals surface area contributed by atoms with Crippen molar-refractivity contribution in [1.82, 2.24) is 0 Å². The van der Waals surface area contributed by atoms with Gasteiger partial charge in [0.1, 0.15) is 5.82 Å². The second kappa shape index (κ2) is 5.05. The van der Waals surface area contributed by atoms with E-state index in [-0.39, 0.29) is 5.82 Å². The van der Waals surface area contributed by atoms with Gasteiger partial charge in [0.25, 0.3) is 0 Å². The van der Waals surface area contributed by atoms with Crippen molar-refractivity contribution >= 4 is 5.69 Å². The summed E-state index contributed by atoms with van der Waals surface area (Å²) in [6, 6.07) is 4.98. The van der Waals surface area contributed by atoms with E-state index in [9.17, 15) is 9.50 Å². The quantitative estimate of drug-likeness (QED) is 0.869. The van der Waals surface area contributed by atoms with Crippen LogP contribution < -0.4 is 4.90 Å². The van der Waals surface area contributed by atoms with Gasteiger partial charge >= 0.3 is 0 Å². The maximum atomic E-state index is 13.9. The van der Waals surface area contributed by atoms with Gasteiger partial charge in [-0.15, -0.1) is 0 Å². The second-order valence-corrected chi connectivity index (χ2v) is 5.06. The van der Waals surface area contributed by atoms with E-state index in [1.165, 1.54) is 25.3 Å². The van der Waals surface area contributed by atoms with Crippen LogP contribution in [0, 0.1) is 11.7 Å². The molecular formula is C14H20FNO. The maximum Gasteiger partial charge on any atom is 0.146 e. The third kappa shape index (κ3) is 2.78. The summed E-state index contributed by atoms with van der Waals surface area (Å²) in [6.07, 6.45) is 3.22. The monoisotopic (exact) mass is 237 g/mol. The van der Waals surface area contributed by atoms with Crippen molar-refractivity contribution in [2.24, 2.45) is 5.92 Å². The van der Waals surface area contributed by atoms with Gasteiger partial charge in [-0.05, 0) is 43.4 Å². The van der Waals surface area contributed by atoms with Crippen molar-refractivity contribution in [1.29, 1.82) is 0 Å². The lowest BCUT2D eigenvalue weighted by Gasteiger charge is -2.31. The molecular weight excluding hydrogens is 217 g/mol. The highest BCUT2D eigenvalue weighted by Gasteiger charge is 2.20. The molecule has 0 radical (unpaired) electrons. The normalized spacial score (nSPS) is 17.6. The van der Waals surface area contributed by atoms with Crippen molar-refractivity contribution in [3.05, 3.63) is 29.6 Å². The molecule has 0 amide bonds. The first kappa shape index (κ1) is 12.4. The molecule has 1 N–H and O–H groups in total. The third-order valence-corrected chi connectivity index (χ3v) is 3.62. The molecule has 1 atom stereocenters. The summed E-state index contributed by atoms with van der Waals surface area (Å²) in [5.74, 6) is 0.473. The van der Waals surface area contributed by atoms with Crippen LogP contribution in [0.3, 0.4) is 0 Å². The van der Waals surface area contributed by atoms with Crippen LogP contribution in [0.25, 0.3) is 0 Å². The first-order valence-electron chi connectivity index (χ1n) is 6.26. The van der Waals surface area contributed by atoms with Gasteiger partial charge in [-0.3, -0.25) is 0 Å². The molecule has 17 heavy (non-hydrogen) atoms. The minimum Gasteiger partial charge on any atom is -0.389 e. The number of benzene rings is 1. The molecule has 0 aromatic heterocycles. The Labute approximate surface area is 102 Å². The lowest BCUT2D eigenvalue weighted by molar-refractivity contribution is 0.199. The average molecular weight is 237 g/mol. The first-order chi connectivity index (χ1) is 8.08. The highest BCUT2D eigenvalue weighted by Crippen LogP contribution is 2.29. The summed E-state index contributed by atoms with van der Waals surface area (Å²) >= 11 is 0. The zero-order valence-electron chi connectivity index (χ0n) is 10.5. The van der Waals surface area contributed by atoms with Gasteiger partial charge in [-0.1, -0.05) is 12.5 Å². The van der Waals surface area contributed by atoms with E-state index >= 15 is 0 Å². The topological polar surface area (TPSA) is 23.5 Å². The summed E-state index contributed by atoms with van der Waals surface area (Å²) < 4.78 is 13.9. The molecule has 1 unspecified atom stereocenters. The van der Waals surface area contributed by atoms with Gasteiger partial charge in [0, 0.05) is 13.6 Å². The summed E-state index contributed by atoms with van der Waals surface area (Å²) in [4.78, 5) is 1.98. The van der Waals surface area contributed by atoms with Crippen LogP contribution in [0.15, 0.2) is 18.2 Å². The number of hydrogen-bond donors (Lipinski definition) is 1. The van der Waals surface area contributed by atoms with Gasteiger partial charge in [0.05, 0.1) is 11.8 Å². The van der Waals surface area contributed by atoms with E-state index in [0.29, 0.717) is 11.3 Å². The van der Waals surface area contributed by atoms with Crippen LogP contribution in [0.4, 0.5) is 10.1 Å². The maximum absolute atomic E-state index is 13.9. The predicted molar refractivity (Wildman–Crippen MR) is 67.6 cm³/mol. The summed E-state index contributed by atoms with van der Waals surface area (Å²) in [5.41, 5.74) is 1.25.